The third-order valence-electron chi connectivity index (χ3n) is 2.50. The van der Waals surface area contributed by atoms with Gasteiger partial charge in [0.05, 0.1) is 7.11 Å². The molecule has 0 heterocycles. The fourth-order valence-corrected chi connectivity index (χ4v) is 1.70. The number of benzene rings is 1. The molecule has 0 aliphatic carbocycles. The van der Waals surface area contributed by atoms with Gasteiger partial charge in [-0.25, -0.2) is 0 Å². The minimum absolute atomic E-state index is 0.386. The van der Waals surface area contributed by atoms with E-state index in [4.69, 9.17) is 4.74 Å². The summed E-state index contributed by atoms with van der Waals surface area (Å²) in [5, 5.41) is 3.30. The van der Waals surface area contributed by atoms with Crippen LogP contribution < -0.4 is 10.1 Å². The third kappa shape index (κ3) is 4.07. The van der Waals surface area contributed by atoms with E-state index >= 15 is 0 Å². The normalized spacial score (nSPS) is 12.0. The van der Waals surface area contributed by atoms with Gasteiger partial charge in [-0.15, -0.1) is 0 Å². The Morgan fingerprint density at radius 2 is 2.19 bits per heavy atom. The Bertz CT molecular complexity index is 354. The zero-order valence-electron chi connectivity index (χ0n) is 10.6. The predicted molar refractivity (Wildman–Crippen MR) is 69.0 cm³/mol. The number of hydrogen-bond acceptors (Lipinski definition) is 2. The largest absolute Gasteiger partial charge is 0.497 e. The molecule has 16 heavy (non-hydrogen) atoms. The highest BCUT2D eigenvalue weighted by molar-refractivity contribution is 5.29. The molecule has 0 aliphatic heterocycles. The van der Waals surface area contributed by atoms with Crippen LogP contribution >= 0.6 is 0 Å². The minimum Gasteiger partial charge on any atom is -0.497 e. The summed E-state index contributed by atoms with van der Waals surface area (Å²) in [5.74, 6) is 0.921. The van der Waals surface area contributed by atoms with Gasteiger partial charge in [0, 0.05) is 6.04 Å². The van der Waals surface area contributed by atoms with E-state index in [0.29, 0.717) is 6.04 Å². The van der Waals surface area contributed by atoms with Crippen LogP contribution in [0, 0.1) is 0 Å². The second kappa shape index (κ2) is 6.33. The van der Waals surface area contributed by atoms with E-state index in [9.17, 15) is 0 Å². The van der Waals surface area contributed by atoms with Crippen LogP contribution in [-0.4, -0.2) is 20.2 Å². The van der Waals surface area contributed by atoms with Gasteiger partial charge in [0.25, 0.3) is 0 Å². The molecule has 0 fully saturated rings. The number of rotatable bonds is 5. The van der Waals surface area contributed by atoms with E-state index in [1.165, 1.54) is 11.1 Å². The van der Waals surface area contributed by atoms with Gasteiger partial charge in [-0.05, 0) is 45.0 Å². The van der Waals surface area contributed by atoms with E-state index in [1.807, 2.05) is 19.2 Å². The number of likely N-dealkylation sites (N-methyl/N-ethyl adjacent to an activating group) is 1. The van der Waals surface area contributed by atoms with Gasteiger partial charge in [-0.3, -0.25) is 0 Å². The summed E-state index contributed by atoms with van der Waals surface area (Å²) in [5.41, 5.74) is 2.62. The Hall–Kier alpha value is -1.28. The number of nitrogens with one attached hydrogen (secondary N) is 1. The Balaban J connectivity index is 2.73. The lowest BCUT2D eigenvalue weighted by molar-refractivity contribution is 0.414. The van der Waals surface area contributed by atoms with Gasteiger partial charge in [0.2, 0.25) is 0 Å². The van der Waals surface area contributed by atoms with Crippen molar-refractivity contribution in [3.63, 3.8) is 0 Å². The minimum atomic E-state index is 0.386. The van der Waals surface area contributed by atoms with Crippen molar-refractivity contribution in [2.75, 3.05) is 14.2 Å². The molecule has 1 aromatic carbocycles. The first-order valence-electron chi connectivity index (χ1n) is 5.61. The maximum atomic E-state index is 5.22. The molecule has 88 valence electrons. The van der Waals surface area contributed by atoms with Crippen LogP contribution in [0.25, 0.3) is 0 Å². The van der Waals surface area contributed by atoms with Gasteiger partial charge in [-0.2, -0.15) is 0 Å². The molecule has 0 bridgehead atoms. The van der Waals surface area contributed by atoms with E-state index < -0.39 is 0 Å². The van der Waals surface area contributed by atoms with Crippen molar-refractivity contribution in [1.82, 2.24) is 5.32 Å². The van der Waals surface area contributed by atoms with Crippen LogP contribution in [0.1, 0.15) is 19.4 Å². The first-order valence-corrected chi connectivity index (χ1v) is 5.61. The van der Waals surface area contributed by atoms with Gasteiger partial charge in [0.1, 0.15) is 5.75 Å². The van der Waals surface area contributed by atoms with Crippen LogP contribution in [0.15, 0.2) is 35.9 Å². The Morgan fingerprint density at radius 1 is 1.44 bits per heavy atom. The van der Waals surface area contributed by atoms with E-state index in [-0.39, 0.29) is 0 Å². The molecular formula is C14H21NO. The van der Waals surface area contributed by atoms with Crippen LogP contribution in [-0.2, 0) is 6.42 Å². The molecule has 0 aromatic heterocycles. The molecule has 0 amide bonds. The number of ether oxygens (including phenoxy) is 1. The highest BCUT2D eigenvalue weighted by Crippen LogP contribution is 2.14. The summed E-state index contributed by atoms with van der Waals surface area (Å²) in [7, 11) is 3.69. The molecule has 1 aromatic rings. The second-order valence-electron chi connectivity index (χ2n) is 4.19. The smallest absolute Gasteiger partial charge is 0.119 e. The highest BCUT2D eigenvalue weighted by atomic mass is 16.5. The quantitative estimate of drug-likeness (QED) is 0.769. The van der Waals surface area contributed by atoms with Crippen LogP contribution in [0.4, 0.5) is 0 Å². The lowest BCUT2D eigenvalue weighted by Gasteiger charge is -2.13. The van der Waals surface area contributed by atoms with Crippen molar-refractivity contribution in [2.45, 2.75) is 26.3 Å². The predicted octanol–water partition coefficient (Wildman–Crippen LogP) is 2.79. The molecule has 1 N–H and O–H groups in total. The maximum Gasteiger partial charge on any atom is 0.119 e. The Kier molecular flexibility index (Phi) is 5.06. The molecule has 2 heteroatoms. The van der Waals surface area contributed by atoms with Gasteiger partial charge >= 0.3 is 0 Å². The molecule has 1 rings (SSSR count). The van der Waals surface area contributed by atoms with Crippen LogP contribution in [0.3, 0.4) is 0 Å². The number of allylic oxidation sites excluding steroid dienone is 1. The molecular weight excluding hydrogens is 198 g/mol. The highest BCUT2D eigenvalue weighted by Gasteiger charge is 2.04. The summed E-state index contributed by atoms with van der Waals surface area (Å²) in [6.07, 6.45) is 3.23. The number of methoxy groups -OCH3 is 1. The van der Waals surface area contributed by atoms with E-state index in [1.54, 1.807) is 7.11 Å². The first-order chi connectivity index (χ1) is 7.65. The van der Waals surface area contributed by atoms with Gasteiger partial charge < -0.3 is 10.1 Å². The summed E-state index contributed by atoms with van der Waals surface area (Å²) < 4.78 is 5.22. The van der Waals surface area contributed by atoms with E-state index in [0.717, 1.165) is 12.2 Å². The Morgan fingerprint density at radius 3 is 2.75 bits per heavy atom. The van der Waals surface area contributed by atoms with E-state index in [2.05, 4.69) is 37.4 Å². The molecule has 0 saturated carbocycles. The molecule has 0 saturated heterocycles. The molecule has 0 aliphatic rings. The van der Waals surface area contributed by atoms with Crippen molar-refractivity contribution in [1.29, 1.82) is 0 Å². The van der Waals surface area contributed by atoms with Crippen molar-refractivity contribution in [2.24, 2.45) is 0 Å². The van der Waals surface area contributed by atoms with Crippen molar-refractivity contribution in [3.05, 3.63) is 41.5 Å². The van der Waals surface area contributed by atoms with Crippen molar-refractivity contribution in [3.8, 4) is 5.75 Å². The third-order valence-corrected chi connectivity index (χ3v) is 2.50. The fourth-order valence-electron chi connectivity index (χ4n) is 1.70. The average Bonchev–Trinajstić information content (AvgIpc) is 2.28. The lowest BCUT2D eigenvalue weighted by Crippen LogP contribution is -2.25. The standard InChI is InChI=1S/C14H21NO/c1-11(2)8-13(15-3)9-12-6-5-7-14(10-12)16-4/h5-8,10,13,15H,9H2,1-4H3. The van der Waals surface area contributed by atoms with Crippen LogP contribution in [0.2, 0.25) is 0 Å². The van der Waals surface area contributed by atoms with Crippen LogP contribution in [0.5, 0.6) is 5.75 Å². The monoisotopic (exact) mass is 219 g/mol. The second-order valence-corrected chi connectivity index (χ2v) is 4.19. The Labute approximate surface area is 98.3 Å². The number of hydrogen-bond donors (Lipinski definition) is 1. The van der Waals surface area contributed by atoms with Gasteiger partial charge in [0.15, 0.2) is 0 Å². The van der Waals surface area contributed by atoms with Gasteiger partial charge in [-0.1, -0.05) is 23.8 Å². The summed E-state index contributed by atoms with van der Waals surface area (Å²) in [6.45, 7) is 4.24. The average molecular weight is 219 g/mol. The zero-order valence-corrected chi connectivity index (χ0v) is 10.6. The van der Waals surface area contributed by atoms with Crippen molar-refractivity contribution >= 4 is 0 Å². The maximum absolute atomic E-state index is 5.22. The summed E-state index contributed by atoms with van der Waals surface area (Å²) >= 11 is 0. The fraction of sp³-hybridized carbons (Fsp3) is 0.429. The zero-order chi connectivity index (χ0) is 12.0. The van der Waals surface area contributed by atoms with Crippen molar-refractivity contribution < 1.29 is 4.74 Å². The SMILES string of the molecule is CNC(C=C(C)C)Cc1cccc(OC)c1. The summed E-state index contributed by atoms with van der Waals surface area (Å²) in [6, 6.07) is 8.61. The molecule has 1 atom stereocenters. The summed E-state index contributed by atoms with van der Waals surface area (Å²) in [4.78, 5) is 0. The molecule has 0 radical (unpaired) electrons. The molecule has 2 nitrogen and oxygen atoms in total. The molecule has 0 spiro atoms. The molecule has 1 unspecified atom stereocenters. The first kappa shape index (κ1) is 12.8. The topological polar surface area (TPSA) is 21.3 Å². The lowest BCUT2D eigenvalue weighted by atomic mass is 10.0.